The van der Waals surface area contributed by atoms with Crippen LogP contribution < -0.4 is 5.32 Å². The molecular formula is C13H15NOS. The fourth-order valence-electron chi connectivity index (χ4n) is 1.52. The van der Waals surface area contributed by atoms with E-state index in [0.717, 1.165) is 6.54 Å². The van der Waals surface area contributed by atoms with Crippen molar-refractivity contribution < 1.29 is 5.11 Å². The predicted octanol–water partition coefficient (Wildman–Crippen LogP) is 3.30. The standard InChI is InChI=1S/C13H15NOS/c1-10(13-3-2-8-16-13)14-9-11-4-6-12(15)7-5-11/h2-8,10,14-15H,9H2,1H3/t10-/m1/s1. The highest BCUT2D eigenvalue weighted by Crippen LogP contribution is 2.18. The number of phenols is 1. The summed E-state index contributed by atoms with van der Waals surface area (Å²) in [6.07, 6.45) is 0. The number of rotatable bonds is 4. The second kappa shape index (κ2) is 5.14. The summed E-state index contributed by atoms with van der Waals surface area (Å²) in [4.78, 5) is 1.35. The van der Waals surface area contributed by atoms with Crippen molar-refractivity contribution in [1.29, 1.82) is 0 Å². The molecule has 2 N–H and O–H groups in total. The van der Waals surface area contributed by atoms with Crippen molar-refractivity contribution in [1.82, 2.24) is 5.32 Å². The van der Waals surface area contributed by atoms with E-state index in [1.165, 1.54) is 10.4 Å². The number of phenolic OH excluding ortho intramolecular Hbond substituents is 1. The van der Waals surface area contributed by atoms with E-state index in [2.05, 4.69) is 29.8 Å². The molecule has 0 amide bonds. The number of nitrogens with one attached hydrogen (secondary N) is 1. The van der Waals surface area contributed by atoms with Crippen molar-refractivity contribution in [2.75, 3.05) is 0 Å². The molecule has 84 valence electrons. The summed E-state index contributed by atoms with van der Waals surface area (Å²) in [6, 6.07) is 11.9. The molecule has 16 heavy (non-hydrogen) atoms. The molecule has 2 aromatic rings. The zero-order chi connectivity index (χ0) is 11.4. The van der Waals surface area contributed by atoms with Crippen molar-refractivity contribution in [3.8, 4) is 5.75 Å². The van der Waals surface area contributed by atoms with E-state index in [9.17, 15) is 0 Å². The van der Waals surface area contributed by atoms with Crippen LogP contribution in [-0.2, 0) is 6.54 Å². The molecule has 1 atom stereocenters. The van der Waals surface area contributed by atoms with E-state index >= 15 is 0 Å². The number of hydrogen-bond donors (Lipinski definition) is 2. The van der Waals surface area contributed by atoms with Gasteiger partial charge in [0.1, 0.15) is 5.75 Å². The van der Waals surface area contributed by atoms with Gasteiger partial charge < -0.3 is 10.4 Å². The van der Waals surface area contributed by atoms with Crippen LogP contribution in [0.25, 0.3) is 0 Å². The summed E-state index contributed by atoms with van der Waals surface area (Å²) in [7, 11) is 0. The van der Waals surface area contributed by atoms with Crippen LogP contribution in [0.15, 0.2) is 41.8 Å². The fourth-order valence-corrected chi connectivity index (χ4v) is 2.28. The Morgan fingerprint density at radius 1 is 1.25 bits per heavy atom. The van der Waals surface area contributed by atoms with Gasteiger partial charge in [0.2, 0.25) is 0 Å². The van der Waals surface area contributed by atoms with E-state index in [0.29, 0.717) is 11.8 Å². The maximum absolute atomic E-state index is 9.17. The van der Waals surface area contributed by atoms with E-state index < -0.39 is 0 Å². The summed E-state index contributed by atoms with van der Waals surface area (Å²) >= 11 is 1.77. The van der Waals surface area contributed by atoms with Gasteiger partial charge in [-0.15, -0.1) is 11.3 Å². The number of benzene rings is 1. The van der Waals surface area contributed by atoms with Crippen molar-refractivity contribution in [3.05, 3.63) is 52.2 Å². The first-order valence-electron chi connectivity index (χ1n) is 5.30. The largest absolute Gasteiger partial charge is 0.508 e. The van der Waals surface area contributed by atoms with E-state index in [4.69, 9.17) is 5.11 Å². The lowest BCUT2D eigenvalue weighted by atomic mass is 10.2. The summed E-state index contributed by atoms with van der Waals surface area (Å²) in [5.74, 6) is 0.315. The van der Waals surface area contributed by atoms with Gasteiger partial charge in [-0.25, -0.2) is 0 Å². The molecule has 0 unspecified atom stereocenters. The SMILES string of the molecule is C[C@@H](NCc1ccc(O)cc1)c1cccs1. The molecule has 0 fully saturated rings. The lowest BCUT2D eigenvalue weighted by Crippen LogP contribution is -2.16. The number of hydrogen-bond acceptors (Lipinski definition) is 3. The third-order valence-electron chi connectivity index (χ3n) is 2.52. The Hall–Kier alpha value is -1.32. The Morgan fingerprint density at radius 3 is 2.62 bits per heavy atom. The lowest BCUT2D eigenvalue weighted by Gasteiger charge is -2.11. The van der Waals surface area contributed by atoms with Crippen LogP contribution >= 0.6 is 11.3 Å². The molecule has 0 aliphatic rings. The van der Waals surface area contributed by atoms with Crippen molar-refractivity contribution in [2.24, 2.45) is 0 Å². The van der Waals surface area contributed by atoms with Gasteiger partial charge >= 0.3 is 0 Å². The number of thiophene rings is 1. The van der Waals surface area contributed by atoms with Crippen LogP contribution in [0, 0.1) is 0 Å². The minimum atomic E-state index is 0.315. The summed E-state index contributed by atoms with van der Waals surface area (Å²) in [5, 5.41) is 14.7. The second-order valence-electron chi connectivity index (χ2n) is 3.78. The second-order valence-corrected chi connectivity index (χ2v) is 4.76. The molecule has 0 aliphatic carbocycles. The van der Waals surface area contributed by atoms with Gasteiger partial charge in [-0.2, -0.15) is 0 Å². The third-order valence-corrected chi connectivity index (χ3v) is 3.57. The molecule has 0 spiro atoms. The molecule has 2 rings (SSSR count). The highest BCUT2D eigenvalue weighted by Gasteiger charge is 2.04. The van der Waals surface area contributed by atoms with Crippen LogP contribution in [0.2, 0.25) is 0 Å². The molecule has 1 heterocycles. The van der Waals surface area contributed by atoms with Crippen LogP contribution in [0.1, 0.15) is 23.4 Å². The monoisotopic (exact) mass is 233 g/mol. The van der Waals surface area contributed by atoms with Gasteiger partial charge in [0, 0.05) is 17.5 Å². The molecule has 1 aromatic heterocycles. The average molecular weight is 233 g/mol. The van der Waals surface area contributed by atoms with Crippen LogP contribution in [0.3, 0.4) is 0 Å². The molecule has 0 bridgehead atoms. The van der Waals surface area contributed by atoms with Gasteiger partial charge in [-0.05, 0) is 36.1 Å². The van der Waals surface area contributed by atoms with Crippen LogP contribution in [0.4, 0.5) is 0 Å². The smallest absolute Gasteiger partial charge is 0.115 e. The molecule has 0 saturated heterocycles. The summed E-state index contributed by atoms with van der Waals surface area (Å²) in [5.41, 5.74) is 1.18. The van der Waals surface area contributed by atoms with Crippen LogP contribution in [-0.4, -0.2) is 5.11 Å². The maximum atomic E-state index is 9.17. The molecule has 0 aliphatic heterocycles. The van der Waals surface area contributed by atoms with Gasteiger partial charge in [0.15, 0.2) is 0 Å². The quantitative estimate of drug-likeness (QED) is 0.849. The van der Waals surface area contributed by atoms with Crippen molar-refractivity contribution >= 4 is 11.3 Å². The van der Waals surface area contributed by atoms with E-state index in [-0.39, 0.29) is 0 Å². The topological polar surface area (TPSA) is 32.3 Å². The number of aromatic hydroxyl groups is 1. The molecule has 0 saturated carbocycles. The molecular weight excluding hydrogens is 218 g/mol. The van der Waals surface area contributed by atoms with Crippen molar-refractivity contribution in [2.45, 2.75) is 19.5 Å². The lowest BCUT2D eigenvalue weighted by molar-refractivity contribution is 0.475. The minimum Gasteiger partial charge on any atom is -0.508 e. The molecule has 1 aromatic carbocycles. The first-order chi connectivity index (χ1) is 7.75. The Labute approximate surface area is 99.6 Å². The van der Waals surface area contributed by atoms with Gasteiger partial charge in [-0.1, -0.05) is 18.2 Å². The fraction of sp³-hybridized carbons (Fsp3) is 0.231. The molecule has 3 heteroatoms. The normalized spacial score (nSPS) is 12.6. The summed E-state index contributed by atoms with van der Waals surface area (Å²) < 4.78 is 0. The highest BCUT2D eigenvalue weighted by atomic mass is 32.1. The maximum Gasteiger partial charge on any atom is 0.115 e. The summed E-state index contributed by atoms with van der Waals surface area (Å²) in [6.45, 7) is 2.98. The Morgan fingerprint density at radius 2 is 2.00 bits per heavy atom. The van der Waals surface area contributed by atoms with Crippen LogP contribution in [0.5, 0.6) is 5.75 Å². The van der Waals surface area contributed by atoms with Gasteiger partial charge in [0.25, 0.3) is 0 Å². The zero-order valence-electron chi connectivity index (χ0n) is 9.18. The molecule has 2 nitrogen and oxygen atoms in total. The highest BCUT2D eigenvalue weighted by molar-refractivity contribution is 7.10. The van der Waals surface area contributed by atoms with E-state index in [1.807, 2.05) is 12.1 Å². The Balaban J connectivity index is 1.90. The van der Waals surface area contributed by atoms with Gasteiger partial charge in [0.05, 0.1) is 0 Å². The van der Waals surface area contributed by atoms with Crippen molar-refractivity contribution in [3.63, 3.8) is 0 Å². The Bertz CT molecular complexity index is 422. The minimum absolute atomic E-state index is 0.315. The van der Waals surface area contributed by atoms with E-state index in [1.54, 1.807) is 23.5 Å². The Kier molecular flexibility index (Phi) is 3.59. The van der Waals surface area contributed by atoms with Gasteiger partial charge in [-0.3, -0.25) is 0 Å². The zero-order valence-corrected chi connectivity index (χ0v) is 10.00. The predicted molar refractivity (Wildman–Crippen MR) is 67.7 cm³/mol. The molecule has 0 radical (unpaired) electrons. The average Bonchev–Trinajstić information content (AvgIpc) is 2.81. The third kappa shape index (κ3) is 2.84. The first-order valence-corrected chi connectivity index (χ1v) is 6.18. The first kappa shape index (κ1) is 11.2.